The molecular weight excluding hydrogens is 605 g/mol. The van der Waals surface area contributed by atoms with Crippen LogP contribution in [0.1, 0.15) is 0 Å². The minimum Gasteiger partial charge on any atom is -0.254 e. The van der Waals surface area contributed by atoms with Crippen LogP contribution in [0.3, 0.4) is 0 Å². The van der Waals surface area contributed by atoms with Crippen molar-refractivity contribution in [3.05, 3.63) is 170 Å². The standard InChI is InChI=1S/C48H28N2/c1-2-16-34-33(15-1)37(23-24-38(34)44-28-30-12-9-25-49-47(30)48-42(44)22-10-26-50-48)43-27-29-11-7-19-39-35-17-5-3-13-31(35)32-14-4-6-18-36(32)40-20-8-21-41(43)46(40)45(29)39/h1-28H. The SMILES string of the molecule is c1cnc2c(c1)cc(-c1ccc(-c3cc4cccc5c6ccccc6c6ccccc6c6cccc3c6c45)c3ccccc13)c1cccnc12. The first-order chi connectivity index (χ1) is 24.8. The Kier molecular flexibility index (Phi) is 5.70. The van der Waals surface area contributed by atoms with Gasteiger partial charge in [0.2, 0.25) is 0 Å². The molecule has 0 radical (unpaired) electrons. The highest BCUT2D eigenvalue weighted by Gasteiger charge is 2.19. The smallest absolute Gasteiger partial charge is 0.0970 e. The molecule has 0 amide bonds. The predicted molar refractivity (Wildman–Crippen MR) is 213 cm³/mol. The number of hydrogen-bond acceptors (Lipinski definition) is 2. The molecule has 0 aliphatic heterocycles. The molecule has 0 saturated heterocycles. The van der Waals surface area contributed by atoms with Gasteiger partial charge in [-0.05, 0) is 111 Å². The lowest BCUT2D eigenvalue weighted by Crippen LogP contribution is -1.92. The summed E-state index contributed by atoms with van der Waals surface area (Å²) in [6.07, 6.45) is 3.71. The molecule has 0 bridgehead atoms. The van der Waals surface area contributed by atoms with Gasteiger partial charge in [0, 0.05) is 23.2 Å². The number of nitrogens with zero attached hydrogens (tertiary/aromatic N) is 2. The molecule has 11 rings (SSSR count). The molecule has 2 heterocycles. The topological polar surface area (TPSA) is 25.8 Å². The average Bonchev–Trinajstić information content (AvgIpc) is 3.19. The number of benzene rings is 8. The van der Waals surface area contributed by atoms with Gasteiger partial charge in [-0.2, -0.15) is 0 Å². The fourth-order valence-corrected chi connectivity index (χ4v) is 8.59. The molecule has 2 heteroatoms. The first kappa shape index (κ1) is 27.3. The van der Waals surface area contributed by atoms with E-state index in [0.717, 1.165) is 21.8 Å². The number of hydrogen-bond donors (Lipinski definition) is 0. The van der Waals surface area contributed by atoms with E-state index in [1.807, 2.05) is 24.5 Å². The van der Waals surface area contributed by atoms with Crippen molar-refractivity contribution in [3.63, 3.8) is 0 Å². The van der Waals surface area contributed by atoms with Crippen molar-refractivity contribution >= 4 is 86.4 Å². The minimum absolute atomic E-state index is 0.931. The van der Waals surface area contributed by atoms with Gasteiger partial charge in [-0.3, -0.25) is 9.97 Å². The summed E-state index contributed by atoms with van der Waals surface area (Å²) in [5.41, 5.74) is 6.71. The van der Waals surface area contributed by atoms with Crippen LogP contribution in [0.25, 0.3) is 109 Å². The van der Waals surface area contributed by atoms with Crippen LogP contribution < -0.4 is 0 Å². The van der Waals surface area contributed by atoms with E-state index < -0.39 is 0 Å². The Morgan fingerprint density at radius 1 is 0.260 bits per heavy atom. The van der Waals surface area contributed by atoms with Crippen molar-refractivity contribution in [1.82, 2.24) is 9.97 Å². The van der Waals surface area contributed by atoms with E-state index in [2.05, 4.69) is 146 Å². The summed E-state index contributed by atoms with van der Waals surface area (Å²) in [5.74, 6) is 0. The molecule has 9 aromatic carbocycles. The maximum atomic E-state index is 4.81. The maximum absolute atomic E-state index is 4.81. The third-order valence-electron chi connectivity index (χ3n) is 10.7. The van der Waals surface area contributed by atoms with Crippen LogP contribution in [0.2, 0.25) is 0 Å². The van der Waals surface area contributed by atoms with Gasteiger partial charge in [0.05, 0.1) is 11.0 Å². The van der Waals surface area contributed by atoms with Gasteiger partial charge in [0.1, 0.15) is 0 Å². The first-order valence-corrected chi connectivity index (χ1v) is 17.2. The molecule has 50 heavy (non-hydrogen) atoms. The number of pyridine rings is 2. The van der Waals surface area contributed by atoms with Gasteiger partial charge in [0.15, 0.2) is 0 Å². The third-order valence-corrected chi connectivity index (χ3v) is 10.7. The molecular formula is C48H28N2. The summed E-state index contributed by atoms with van der Waals surface area (Å²) in [6.45, 7) is 0. The summed E-state index contributed by atoms with van der Waals surface area (Å²) >= 11 is 0. The monoisotopic (exact) mass is 632 g/mol. The molecule has 0 atom stereocenters. The van der Waals surface area contributed by atoms with E-state index >= 15 is 0 Å². The average molecular weight is 633 g/mol. The highest BCUT2D eigenvalue weighted by Crippen LogP contribution is 2.46. The van der Waals surface area contributed by atoms with Gasteiger partial charge in [-0.25, -0.2) is 0 Å². The van der Waals surface area contributed by atoms with E-state index in [-0.39, 0.29) is 0 Å². The van der Waals surface area contributed by atoms with Crippen molar-refractivity contribution in [2.45, 2.75) is 0 Å². The molecule has 11 aromatic rings. The molecule has 0 spiro atoms. The number of fused-ring (bicyclic) bond motifs is 9. The molecule has 0 saturated carbocycles. The molecule has 0 aliphatic carbocycles. The van der Waals surface area contributed by atoms with Gasteiger partial charge in [0.25, 0.3) is 0 Å². The Labute approximate surface area is 287 Å². The molecule has 230 valence electrons. The van der Waals surface area contributed by atoms with Crippen molar-refractivity contribution < 1.29 is 0 Å². The minimum atomic E-state index is 0.931. The fraction of sp³-hybridized carbons (Fsp3) is 0. The Morgan fingerprint density at radius 2 is 0.700 bits per heavy atom. The van der Waals surface area contributed by atoms with Crippen LogP contribution in [-0.4, -0.2) is 9.97 Å². The summed E-state index contributed by atoms with van der Waals surface area (Å²) in [7, 11) is 0. The largest absolute Gasteiger partial charge is 0.254 e. The van der Waals surface area contributed by atoms with Gasteiger partial charge >= 0.3 is 0 Å². The van der Waals surface area contributed by atoms with E-state index in [0.29, 0.717) is 0 Å². The highest BCUT2D eigenvalue weighted by molar-refractivity contribution is 6.35. The normalized spacial score (nSPS) is 12.0. The molecule has 0 unspecified atom stereocenters. The zero-order valence-electron chi connectivity index (χ0n) is 27.1. The Bertz CT molecular complexity index is 3210. The highest BCUT2D eigenvalue weighted by atomic mass is 14.7. The molecule has 0 fully saturated rings. The second-order valence-electron chi connectivity index (χ2n) is 13.3. The Hall–Kier alpha value is -6.64. The molecule has 0 aliphatic rings. The van der Waals surface area contributed by atoms with E-state index in [1.54, 1.807) is 0 Å². The lowest BCUT2D eigenvalue weighted by Gasteiger charge is -2.19. The van der Waals surface area contributed by atoms with Crippen LogP contribution in [-0.2, 0) is 0 Å². The summed E-state index contributed by atoms with van der Waals surface area (Å²) in [5, 5.41) is 17.4. The second kappa shape index (κ2) is 10.4. The van der Waals surface area contributed by atoms with Crippen LogP contribution in [0.15, 0.2) is 170 Å². The zero-order valence-corrected chi connectivity index (χ0v) is 27.1. The van der Waals surface area contributed by atoms with Crippen LogP contribution in [0.4, 0.5) is 0 Å². The van der Waals surface area contributed by atoms with E-state index in [9.17, 15) is 0 Å². The summed E-state index contributed by atoms with van der Waals surface area (Å²) in [4.78, 5) is 9.52. The Morgan fingerprint density at radius 3 is 1.38 bits per heavy atom. The lowest BCUT2D eigenvalue weighted by molar-refractivity contribution is 1.37. The summed E-state index contributed by atoms with van der Waals surface area (Å²) < 4.78 is 0. The zero-order chi connectivity index (χ0) is 32.8. The van der Waals surface area contributed by atoms with E-state index in [1.165, 1.54) is 86.9 Å². The van der Waals surface area contributed by atoms with E-state index in [4.69, 9.17) is 9.97 Å². The second-order valence-corrected chi connectivity index (χ2v) is 13.3. The van der Waals surface area contributed by atoms with Crippen LogP contribution in [0, 0.1) is 0 Å². The number of rotatable bonds is 2. The van der Waals surface area contributed by atoms with Crippen LogP contribution >= 0.6 is 0 Å². The van der Waals surface area contributed by atoms with Crippen molar-refractivity contribution in [2.75, 3.05) is 0 Å². The van der Waals surface area contributed by atoms with Gasteiger partial charge in [-0.15, -0.1) is 0 Å². The third kappa shape index (κ3) is 3.79. The van der Waals surface area contributed by atoms with Crippen molar-refractivity contribution in [1.29, 1.82) is 0 Å². The first-order valence-electron chi connectivity index (χ1n) is 17.2. The van der Waals surface area contributed by atoms with Gasteiger partial charge < -0.3 is 0 Å². The molecule has 2 aromatic heterocycles. The summed E-state index contributed by atoms with van der Waals surface area (Å²) in [6, 6.07) is 58.0. The predicted octanol–water partition coefficient (Wildman–Crippen LogP) is 13.0. The quantitative estimate of drug-likeness (QED) is 0.177. The fourth-order valence-electron chi connectivity index (χ4n) is 8.59. The lowest BCUT2D eigenvalue weighted by atomic mass is 9.85. The number of aromatic nitrogens is 2. The van der Waals surface area contributed by atoms with Crippen molar-refractivity contribution in [3.8, 4) is 22.3 Å². The molecule has 0 N–H and O–H groups in total. The van der Waals surface area contributed by atoms with Gasteiger partial charge in [-0.1, -0.05) is 133 Å². The van der Waals surface area contributed by atoms with Crippen LogP contribution in [0.5, 0.6) is 0 Å². The maximum Gasteiger partial charge on any atom is 0.0970 e. The molecule has 2 nitrogen and oxygen atoms in total. The Balaban J connectivity index is 1.28. The van der Waals surface area contributed by atoms with Crippen molar-refractivity contribution in [2.24, 2.45) is 0 Å².